The highest BCUT2D eigenvalue weighted by molar-refractivity contribution is 9.10. The molecule has 3 heteroatoms. The van der Waals surface area contributed by atoms with Gasteiger partial charge in [0.1, 0.15) is 0 Å². The summed E-state index contributed by atoms with van der Waals surface area (Å²) in [4.78, 5) is 0. The molecule has 2 nitrogen and oxygen atoms in total. The first-order valence-electron chi connectivity index (χ1n) is 5.37. The molecule has 0 aromatic heterocycles. The van der Waals surface area contributed by atoms with Gasteiger partial charge in [0.15, 0.2) is 6.29 Å². The van der Waals surface area contributed by atoms with E-state index in [0.29, 0.717) is 13.2 Å². The van der Waals surface area contributed by atoms with Crippen LogP contribution in [0.15, 0.2) is 35.3 Å². The Hall–Kier alpha value is -0.640. The van der Waals surface area contributed by atoms with Crippen LogP contribution in [0, 0.1) is 0 Å². The molecule has 0 spiro atoms. The van der Waals surface area contributed by atoms with E-state index in [1.54, 1.807) is 0 Å². The van der Waals surface area contributed by atoms with E-state index >= 15 is 0 Å². The molecule has 1 rings (SSSR count). The Kier molecular flexibility index (Phi) is 5.74. The number of hydrogen-bond acceptors (Lipinski definition) is 2. The van der Waals surface area contributed by atoms with E-state index in [2.05, 4.69) is 22.5 Å². The maximum absolute atomic E-state index is 5.50. The van der Waals surface area contributed by atoms with Gasteiger partial charge in [-0.1, -0.05) is 34.6 Å². The molecule has 88 valence electrons. The molecule has 1 aromatic carbocycles. The summed E-state index contributed by atoms with van der Waals surface area (Å²) in [5, 5.41) is 0. The third-order valence-electron chi connectivity index (χ3n) is 2.14. The summed E-state index contributed by atoms with van der Waals surface area (Å²) < 4.78 is 12.0. The van der Waals surface area contributed by atoms with Gasteiger partial charge >= 0.3 is 0 Å². The lowest BCUT2D eigenvalue weighted by Crippen LogP contribution is -2.18. The third kappa shape index (κ3) is 3.74. The van der Waals surface area contributed by atoms with Crippen LogP contribution in [0.25, 0.3) is 5.57 Å². The minimum atomic E-state index is -0.351. The van der Waals surface area contributed by atoms with Crippen LogP contribution < -0.4 is 0 Å². The van der Waals surface area contributed by atoms with Crippen LogP contribution in [-0.2, 0) is 9.47 Å². The molecule has 0 fully saturated rings. The van der Waals surface area contributed by atoms with Crippen molar-refractivity contribution >= 4 is 21.5 Å². The minimum absolute atomic E-state index is 0.351. The zero-order chi connectivity index (χ0) is 12.0. The van der Waals surface area contributed by atoms with Crippen molar-refractivity contribution in [2.24, 2.45) is 0 Å². The molecule has 0 atom stereocenters. The van der Waals surface area contributed by atoms with Crippen molar-refractivity contribution in [3.63, 3.8) is 0 Å². The lowest BCUT2D eigenvalue weighted by Gasteiger charge is -2.19. The van der Waals surface area contributed by atoms with Crippen molar-refractivity contribution in [1.82, 2.24) is 0 Å². The fourth-order valence-corrected chi connectivity index (χ4v) is 1.62. The second-order valence-electron chi connectivity index (χ2n) is 3.27. The van der Waals surface area contributed by atoms with E-state index in [1.807, 2.05) is 38.1 Å². The van der Waals surface area contributed by atoms with Crippen molar-refractivity contribution in [3.8, 4) is 0 Å². The first kappa shape index (κ1) is 13.4. The van der Waals surface area contributed by atoms with Gasteiger partial charge in [0, 0.05) is 23.3 Å². The maximum atomic E-state index is 5.50. The number of rotatable bonds is 6. The van der Waals surface area contributed by atoms with E-state index in [4.69, 9.17) is 9.47 Å². The Morgan fingerprint density at radius 1 is 1.19 bits per heavy atom. The van der Waals surface area contributed by atoms with E-state index in [1.165, 1.54) is 0 Å². The molecule has 1 aromatic rings. The summed E-state index contributed by atoms with van der Waals surface area (Å²) >= 11 is 3.40. The summed E-state index contributed by atoms with van der Waals surface area (Å²) in [6.45, 7) is 9.14. The summed E-state index contributed by atoms with van der Waals surface area (Å²) in [5.74, 6) is 0. The zero-order valence-electron chi connectivity index (χ0n) is 9.70. The summed E-state index contributed by atoms with van der Waals surface area (Å²) in [6, 6.07) is 7.96. The predicted molar refractivity (Wildman–Crippen MR) is 70.2 cm³/mol. The van der Waals surface area contributed by atoms with Gasteiger partial charge in [-0.3, -0.25) is 0 Å². The molecule has 0 aliphatic heterocycles. The Bertz CT molecular complexity index is 326. The van der Waals surface area contributed by atoms with E-state index < -0.39 is 0 Å². The molecular formula is C13H17BrO2. The van der Waals surface area contributed by atoms with E-state index in [0.717, 1.165) is 15.6 Å². The normalized spacial score (nSPS) is 10.8. The molecule has 0 saturated heterocycles. The molecule has 0 aliphatic carbocycles. The monoisotopic (exact) mass is 284 g/mol. The Morgan fingerprint density at radius 3 is 2.12 bits per heavy atom. The van der Waals surface area contributed by atoms with Gasteiger partial charge in [0.2, 0.25) is 0 Å². The summed E-state index contributed by atoms with van der Waals surface area (Å²) in [5.41, 5.74) is 1.89. The lowest BCUT2D eigenvalue weighted by atomic mass is 10.1. The SMILES string of the molecule is C=C(c1ccc(Br)cc1)C(OCC)OCC. The highest BCUT2D eigenvalue weighted by Gasteiger charge is 2.13. The Labute approximate surface area is 105 Å². The molecular weight excluding hydrogens is 268 g/mol. The Balaban J connectivity index is 2.77. The predicted octanol–water partition coefficient (Wildman–Crippen LogP) is 3.86. The second kappa shape index (κ2) is 6.84. The summed E-state index contributed by atoms with van der Waals surface area (Å²) in [7, 11) is 0. The third-order valence-corrected chi connectivity index (χ3v) is 2.66. The lowest BCUT2D eigenvalue weighted by molar-refractivity contribution is -0.0962. The van der Waals surface area contributed by atoms with Crippen molar-refractivity contribution in [2.45, 2.75) is 20.1 Å². The molecule has 0 amide bonds. The van der Waals surface area contributed by atoms with E-state index in [-0.39, 0.29) is 6.29 Å². The number of benzene rings is 1. The maximum Gasteiger partial charge on any atom is 0.183 e. The minimum Gasteiger partial charge on any atom is -0.349 e. The quantitative estimate of drug-likeness (QED) is 0.739. The first-order valence-corrected chi connectivity index (χ1v) is 6.16. The van der Waals surface area contributed by atoms with Gasteiger partial charge in [-0.25, -0.2) is 0 Å². The average Bonchev–Trinajstić information content (AvgIpc) is 2.29. The van der Waals surface area contributed by atoms with Crippen molar-refractivity contribution in [2.75, 3.05) is 13.2 Å². The van der Waals surface area contributed by atoms with Crippen LogP contribution >= 0.6 is 15.9 Å². The molecule has 0 N–H and O–H groups in total. The van der Waals surface area contributed by atoms with Gasteiger partial charge in [-0.05, 0) is 31.5 Å². The number of halogens is 1. The van der Waals surface area contributed by atoms with Gasteiger partial charge in [0.05, 0.1) is 0 Å². The molecule has 0 heterocycles. The number of hydrogen-bond donors (Lipinski definition) is 0. The summed E-state index contributed by atoms with van der Waals surface area (Å²) in [6.07, 6.45) is -0.351. The van der Waals surface area contributed by atoms with Crippen LogP contribution in [0.5, 0.6) is 0 Å². The molecule has 16 heavy (non-hydrogen) atoms. The Morgan fingerprint density at radius 2 is 1.69 bits per heavy atom. The topological polar surface area (TPSA) is 18.5 Å². The standard InChI is InChI=1S/C13H17BrO2/c1-4-15-13(16-5-2)10(3)11-6-8-12(14)9-7-11/h6-9,13H,3-5H2,1-2H3. The highest BCUT2D eigenvalue weighted by atomic mass is 79.9. The van der Waals surface area contributed by atoms with Gasteiger partial charge in [0.25, 0.3) is 0 Å². The molecule has 0 saturated carbocycles. The van der Waals surface area contributed by atoms with E-state index in [9.17, 15) is 0 Å². The second-order valence-corrected chi connectivity index (χ2v) is 4.19. The zero-order valence-corrected chi connectivity index (χ0v) is 11.3. The fraction of sp³-hybridized carbons (Fsp3) is 0.385. The van der Waals surface area contributed by atoms with Crippen LogP contribution in [0.3, 0.4) is 0 Å². The molecule has 0 radical (unpaired) electrons. The largest absolute Gasteiger partial charge is 0.349 e. The van der Waals surface area contributed by atoms with Gasteiger partial charge < -0.3 is 9.47 Å². The molecule has 0 unspecified atom stereocenters. The van der Waals surface area contributed by atoms with Crippen LogP contribution in [0.4, 0.5) is 0 Å². The number of ether oxygens (including phenoxy) is 2. The van der Waals surface area contributed by atoms with Gasteiger partial charge in [-0.2, -0.15) is 0 Å². The smallest absolute Gasteiger partial charge is 0.183 e. The molecule has 0 bridgehead atoms. The fourth-order valence-electron chi connectivity index (χ4n) is 1.35. The van der Waals surface area contributed by atoms with Gasteiger partial charge in [-0.15, -0.1) is 0 Å². The average molecular weight is 285 g/mol. The van der Waals surface area contributed by atoms with Crippen LogP contribution in [0.2, 0.25) is 0 Å². The van der Waals surface area contributed by atoms with Crippen molar-refractivity contribution in [3.05, 3.63) is 40.9 Å². The first-order chi connectivity index (χ1) is 7.69. The molecule has 0 aliphatic rings. The van der Waals surface area contributed by atoms with Crippen molar-refractivity contribution < 1.29 is 9.47 Å². The van der Waals surface area contributed by atoms with Crippen LogP contribution in [-0.4, -0.2) is 19.5 Å². The van der Waals surface area contributed by atoms with Crippen molar-refractivity contribution in [1.29, 1.82) is 0 Å². The highest BCUT2D eigenvalue weighted by Crippen LogP contribution is 2.21. The van der Waals surface area contributed by atoms with Crippen LogP contribution in [0.1, 0.15) is 19.4 Å².